The Balaban J connectivity index is 1.30. The van der Waals surface area contributed by atoms with Crippen molar-refractivity contribution in [2.45, 2.75) is 33.1 Å². The number of methoxy groups -OCH3 is 1. The van der Waals surface area contributed by atoms with E-state index in [2.05, 4.69) is 56.7 Å². The predicted octanol–water partition coefficient (Wildman–Crippen LogP) is 7.86. The quantitative estimate of drug-likeness (QED) is 0.250. The van der Waals surface area contributed by atoms with Gasteiger partial charge in [0.25, 0.3) is 0 Å². The van der Waals surface area contributed by atoms with E-state index in [1.54, 1.807) is 24.0 Å². The number of anilines is 1. The van der Waals surface area contributed by atoms with Gasteiger partial charge < -0.3 is 14.4 Å². The molecular formula is C32H35BrClN3O3. The van der Waals surface area contributed by atoms with Gasteiger partial charge in [-0.2, -0.15) is 0 Å². The van der Waals surface area contributed by atoms with E-state index in [9.17, 15) is 4.79 Å². The molecule has 3 aromatic rings. The van der Waals surface area contributed by atoms with Crippen LogP contribution in [0.15, 0.2) is 71.0 Å². The minimum Gasteiger partial charge on any atom is -0.465 e. The highest BCUT2D eigenvalue weighted by Gasteiger charge is 2.29. The number of rotatable bonds is 7. The van der Waals surface area contributed by atoms with Crippen molar-refractivity contribution in [1.29, 1.82) is 0 Å². The van der Waals surface area contributed by atoms with Crippen LogP contribution in [-0.2, 0) is 4.74 Å². The van der Waals surface area contributed by atoms with Crippen molar-refractivity contribution < 1.29 is 14.3 Å². The lowest BCUT2D eigenvalue weighted by Gasteiger charge is -2.39. The molecule has 1 aromatic heterocycles. The molecule has 6 nitrogen and oxygen atoms in total. The van der Waals surface area contributed by atoms with Crippen LogP contribution in [0.25, 0.3) is 5.57 Å². The fraction of sp³-hybridized carbons (Fsp3) is 0.375. The lowest BCUT2D eigenvalue weighted by Crippen LogP contribution is -2.47. The van der Waals surface area contributed by atoms with Crippen LogP contribution in [0.1, 0.15) is 49.0 Å². The molecule has 0 unspecified atom stereocenters. The van der Waals surface area contributed by atoms with Gasteiger partial charge >= 0.3 is 5.97 Å². The number of nitrogens with zero attached hydrogens (tertiary/aromatic N) is 3. The summed E-state index contributed by atoms with van der Waals surface area (Å²) in [5, 5.41) is 0.776. The Hall–Kier alpha value is -2.87. The van der Waals surface area contributed by atoms with E-state index >= 15 is 0 Å². The van der Waals surface area contributed by atoms with E-state index in [1.165, 1.54) is 24.7 Å². The molecule has 210 valence electrons. The monoisotopic (exact) mass is 623 g/mol. The van der Waals surface area contributed by atoms with E-state index in [0.29, 0.717) is 22.5 Å². The van der Waals surface area contributed by atoms with E-state index < -0.39 is 5.97 Å². The van der Waals surface area contributed by atoms with Crippen molar-refractivity contribution in [2.75, 3.05) is 44.7 Å². The zero-order valence-electron chi connectivity index (χ0n) is 23.3. The fourth-order valence-corrected chi connectivity index (χ4v) is 6.01. The van der Waals surface area contributed by atoms with Crippen LogP contribution in [0.5, 0.6) is 11.5 Å². The van der Waals surface area contributed by atoms with Crippen molar-refractivity contribution in [3.05, 3.63) is 87.1 Å². The Morgan fingerprint density at radius 3 is 2.50 bits per heavy atom. The highest BCUT2D eigenvalue weighted by atomic mass is 79.9. The summed E-state index contributed by atoms with van der Waals surface area (Å²) in [5.74, 6) is 0.561. The van der Waals surface area contributed by atoms with Crippen molar-refractivity contribution in [1.82, 2.24) is 9.88 Å². The second kappa shape index (κ2) is 12.3. The molecule has 1 saturated heterocycles. The lowest BCUT2D eigenvalue weighted by atomic mass is 9.72. The Morgan fingerprint density at radius 1 is 1.05 bits per heavy atom. The number of hydrogen-bond acceptors (Lipinski definition) is 6. The Kier molecular flexibility index (Phi) is 8.83. The minimum absolute atomic E-state index is 0.305. The molecule has 1 fully saturated rings. The van der Waals surface area contributed by atoms with Gasteiger partial charge in [0.2, 0.25) is 0 Å². The first kappa shape index (κ1) is 28.7. The number of aromatic nitrogens is 1. The van der Waals surface area contributed by atoms with Crippen LogP contribution in [0.2, 0.25) is 5.02 Å². The second-order valence-corrected chi connectivity index (χ2v) is 12.7. The molecule has 0 amide bonds. The predicted molar refractivity (Wildman–Crippen MR) is 164 cm³/mol. The molecule has 0 spiro atoms. The molecule has 1 aliphatic heterocycles. The van der Waals surface area contributed by atoms with E-state index in [1.807, 2.05) is 30.3 Å². The van der Waals surface area contributed by atoms with E-state index in [-0.39, 0.29) is 0 Å². The summed E-state index contributed by atoms with van der Waals surface area (Å²) in [7, 11) is 1.38. The molecule has 40 heavy (non-hydrogen) atoms. The first-order chi connectivity index (χ1) is 19.2. The molecule has 0 N–H and O–H groups in total. The smallest absolute Gasteiger partial charge is 0.341 e. The molecule has 0 radical (unpaired) electrons. The van der Waals surface area contributed by atoms with Crippen LogP contribution >= 0.6 is 27.5 Å². The van der Waals surface area contributed by atoms with Crippen molar-refractivity contribution in [2.24, 2.45) is 5.41 Å². The van der Waals surface area contributed by atoms with Crippen LogP contribution in [-0.4, -0.2) is 55.7 Å². The number of esters is 1. The van der Waals surface area contributed by atoms with Gasteiger partial charge in [0.05, 0.1) is 13.3 Å². The number of piperazine rings is 1. The summed E-state index contributed by atoms with van der Waals surface area (Å²) in [5.41, 5.74) is 6.04. The third-order valence-electron chi connectivity index (χ3n) is 7.81. The number of pyridine rings is 1. The van der Waals surface area contributed by atoms with Gasteiger partial charge in [-0.25, -0.2) is 4.79 Å². The zero-order valence-corrected chi connectivity index (χ0v) is 25.6. The average molecular weight is 625 g/mol. The number of allylic oxidation sites excluding steroid dienone is 1. The van der Waals surface area contributed by atoms with Gasteiger partial charge in [-0.15, -0.1) is 0 Å². The average Bonchev–Trinajstić information content (AvgIpc) is 2.94. The molecule has 0 atom stereocenters. The van der Waals surface area contributed by atoms with Crippen LogP contribution in [0.4, 0.5) is 5.69 Å². The first-order valence-electron chi connectivity index (χ1n) is 13.7. The Bertz CT molecular complexity index is 1400. The molecule has 2 aromatic carbocycles. The first-order valence-corrected chi connectivity index (χ1v) is 14.8. The number of halogens is 2. The number of carbonyl (C=O) groups excluding carboxylic acids is 1. The summed E-state index contributed by atoms with van der Waals surface area (Å²) in [4.78, 5) is 21.5. The molecule has 1 aliphatic carbocycles. The topological polar surface area (TPSA) is 54.9 Å². The molecular weight excluding hydrogens is 590 g/mol. The maximum Gasteiger partial charge on any atom is 0.341 e. The van der Waals surface area contributed by atoms with Crippen molar-refractivity contribution >= 4 is 44.8 Å². The van der Waals surface area contributed by atoms with Gasteiger partial charge in [0.15, 0.2) is 0 Å². The third-order valence-corrected chi connectivity index (χ3v) is 8.49. The molecule has 2 heterocycles. The maximum atomic E-state index is 12.4. The number of ether oxygens (including phenoxy) is 2. The number of benzene rings is 2. The van der Waals surface area contributed by atoms with Crippen LogP contribution in [0, 0.1) is 5.41 Å². The third kappa shape index (κ3) is 6.88. The Morgan fingerprint density at radius 2 is 1.80 bits per heavy atom. The number of carbonyl (C=O) groups is 1. The molecule has 5 rings (SSSR count). The Labute approximate surface area is 250 Å². The van der Waals surface area contributed by atoms with Gasteiger partial charge in [0.1, 0.15) is 17.1 Å². The van der Waals surface area contributed by atoms with Crippen LogP contribution < -0.4 is 9.64 Å². The zero-order chi connectivity index (χ0) is 28.3. The molecule has 8 heteroatoms. The molecule has 2 aliphatic rings. The largest absolute Gasteiger partial charge is 0.465 e. The minimum atomic E-state index is -0.435. The second-order valence-electron chi connectivity index (χ2n) is 11.3. The van der Waals surface area contributed by atoms with Crippen molar-refractivity contribution in [3.63, 3.8) is 0 Å². The maximum absolute atomic E-state index is 12.4. The lowest BCUT2D eigenvalue weighted by molar-refractivity contribution is 0.0598. The summed E-state index contributed by atoms with van der Waals surface area (Å²) >= 11 is 9.61. The summed E-state index contributed by atoms with van der Waals surface area (Å²) in [6.07, 6.45) is 6.74. The highest BCUT2D eigenvalue weighted by molar-refractivity contribution is 9.10. The van der Waals surface area contributed by atoms with Gasteiger partial charge in [-0.05, 0) is 82.1 Å². The SMILES string of the molecule is COC(=O)c1ccc(N2CCN(CC3=C(c4ccc(Cl)cc4)CC(C)(C)CC3)CC2)cc1Oc1cncc(Br)c1. The van der Waals surface area contributed by atoms with Crippen LogP contribution in [0.3, 0.4) is 0 Å². The summed E-state index contributed by atoms with van der Waals surface area (Å²) < 4.78 is 11.9. The van der Waals surface area contributed by atoms with Crippen molar-refractivity contribution in [3.8, 4) is 11.5 Å². The molecule has 0 saturated carbocycles. The van der Waals surface area contributed by atoms with E-state index in [4.69, 9.17) is 21.1 Å². The van der Waals surface area contributed by atoms with Gasteiger partial charge in [0, 0.05) is 60.2 Å². The summed E-state index contributed by atoms with van der Waals surface area (Å²) in [6, 6.07) is 15.8. The normalized spacial score (nSPS) is 17.6. The number of hydrogen-bond donors (Lipinski definition) is 0. The standard InChI is InChI=1S/C32H35BrClN3O3/c1-32(2)11-10-23(29(18-32)22-4-6-25(34)7-5-22)21-36-12-14-37(15-13-36)26-8-9-28(31(38)39-3)30(17-26)40-27-16-24(33)19-35-20-27/h4-9,16-17,19-20H,10-15,18,21H2,1-3H3. The fourth-order valence-electron chi connectivity index (χ4n) is 5.54. The molecule has 0 bridgehead atoms. The highest BCUT2D eigenvalue weighted by Crippen LogP contribution is 2.43. The summed E-state index contributed by atoms with van der Waals surface area (Å²) in [6.45, 7) is 9.45. The van der Waals surface area contributed by atoms with Gasteiger partial charge in [-0.3, -0.25) is 9.88 Å². The van der Waals surface area contributed by atoms with E-state index in [0.717, 1.165) is 60.7 Å². The van der Waals surface area contributed by atoms with Gasteiger partial charge in [-0.1, -0.05) is 43.2 Å².